The second-order valence-corrected chi connectivity index (χ2v) is 8.90. The minimum atomic E-state index is -0.860. The highest BCUT2D eigenvalue weighted by molar-refractivity contribution is 7.12. The second-order valence-electron chi connectivity index (χ2n) is 7.99. The van der Waals surface area contributed by atoms with E-state index in [4.69, 9.17) is 4.74 Å². The average molecular weight is 467 g/mol. The predicted molar refractivity (Wildman–Crippen MR) is 119 cm³/mol. The van der Waals surface area contributed by atoms with Crippen LogP contribution in [-0.4, -0.2) is 55.2 Å². The van der Waals surface area contributed by atoms with E-state index in [1.807, 2.05) is 19.2 Å². The number of rotatable bonds is 8. The number of carbonyl (C=O) groups is 2. The lowest BCUT2D eigenvalue weighted by molar-refractivity contribution is -0.0287. The monoisotopic (exact) mass is 466 g/mol. The summed E-state index contributed by atoms with van der Waals surface area (Å²) in [4.78, 5) is 26.8. The molecule has 2 aromatic rings. The number of hydrogen-bond acceptors (Lipinski definition) is 5. The van der Waals surface area contributed by atoms with Crippen LogP contribution in [0.4, 0.5) is 13.6 Å². The molecule has 2 heterocycles. The highest BCUT2D eigenvalue weighted by Gasteiger charge is 2.21. The Hall–Kier alpha value is -2.56. The number of nitrogens with zero attached hydrogens (tertiary/aromatic N) is 1. The van der Waals surface area contributed by atoms with Crippen LogP contribution in [0.3, 0.4) is 0 Å². The lowest BCUT2D eigenvalue weighted by Gasteiger charge is -2.33. The number of thiophene rings is 1. The number of morpholine rings is 1. The van der Waals surface area contributed by atoms with Crippen LogP contribution in [0.1, 0.15) is 34.6 Å². The van der Waals surface area contributed by atoms with Gasteiger partial charge in [-0.3, -0.25) is 9.69 Å². The maximum Gasteiger partial charge on any atom is 0.315 e. The van der Waals surface area contributed by atoms with Crippen LogP contribution < -0.4 is 16.0 Å². The smallest absolute Gasteiger partial charge is 0.315 e. The van der Waals surface area contributed by atoms with Crippen molar-refractivity contribution in [1.82, 2.24) is 20.9 Å². The maximum absolute atomic E-state index is 13.4. The molecule has 174 valence electrons. The summed E-state index contributed by atoms with van der Waals surface area (Å²) < 4.78 is 32.2. The van der Waals surface area contributed by atoms with E-state index in [1.165, 1.54) is 17.4 Å². The molecular weight excluding hydrogens is 438 g/mol. The summed E-state index contributed by atoms with van der Waals surface area (Å²) >= 11 is 1.34. The van der Waals surface area contributed by atoms with Gasteiger partial charge in [0.05, 0.1) is 17.6 Å². The molecule has 10 heteroatoms. The molecule has 3 N–H and O–H groups in total. The largest absolute Gasteiger partial charge is 0.374 e. The van der Waals surface area contributed by atoms with E-state index in [-0.39, 0.29) is 24.1 Å². The topological polar surface area (TPSA) is 82.7 Å². The lowest BCUT2D eigenvalue weighted by Crippen LogP contribution is -2.48. The van der Waals surface area contributed by atoms with Gasteiger partial charge in [-0.05, 0) is 48.6 Å². The molecule has 0 bridgehead atoms. The Morgan fingerprint density at radius 3 is 2.75 bits per heavy atom. The average Bonchev–Trinajstić information content (AvgIpc) is 3.23. The summed E-state index contributed by atoms with van der Waals surface area (Å²) in [5.41, 5.74) is 1.54. The zero-order chi connectivity index (χ0) is 23.1. The number of urea groups is 1. The first kappa shape index (κ1) is 24.1. The van der Waals surface area contributed by atoms with Crippen LogP contribution in [-0.2, 0) is 17.8 Å². The van der Waals surface area contributed by atoms with Gasteiger partial charge in [-0.25, -0.2) is 13.6 Å². The van der Waals surface area contributed by atoms with Crippen LogP contribution in [0.15, 0.2) is 29.6 Å². The number of halogens is 2. The van der Waals surface area contributed by atoms with Crippen molar-refractivity contribution in [2.45, 2.75) is 39.1 Å². The van der Waals surface area contributed by atoms with Gasteiger partial charge in [-0.15, -0.1) is 11.3 Å². The molecule has 32 heavy (non-hydrogen) atoms. The van der Waals surface area contributed by atoms with Crippen LogP contribution >= 0.6 is 11.3 Å². The Bertz CT molecular complexity index is 938. The van der Waals surface area contributed by atoms with Gasteiger partial charge < -0.3 is 20.7 Å². The van der Waals surface area contributed by atoms with Gasteiger partial charge in [0.15, 0.2) is 11.6 Å². The van der Waals surface area contributed by atoms with Gasteiger partial charge >= 0.3 is 6.03 Å². The van der Waals surface area contributed by atoms with Crippen molar-refractivity contribution in [1.29, 1.82) is 0 Å². The molecule has 1 atom stereocenters. The van der Waals surface area contributed by atoms with Crippen molar-refractivity contribution in [3.63, 3.8) is 0 Å². The quantitative estimate of drug-likeness (QED) is 0.559. The number of amides is 3. The van der Waals surface area contributed by atoms with E-state index in [1.54, 1.807) is 12.1 Å². The molecular formula is C22H28F2N4O3S. The van der Waals surface area contributed by atoms with Crippen molar-refractivity contribution >= 4 is 23.3 Å². The van der Waals surface area contributed by atoms with Gasteiger partial charge in [0.1, 0.15) is 0 Å². The van der Waals surface area contributed by atoms with Gasteiger partial charge in [0.2, 0.25) is 0 Å². The third-order valence-electron chi connectivity index (χ3n) is 4.85. The zero-order valence-electron chi connectivity index (χ0n) is 18.1. The highest BCUT2D eigenvalue weighted by Crippen LogP contribution is 2.15. The molecule has 0 radical (unpaired) electrons. The first-order valence-electron chi connectivity index (χ1n) is 10.5. The molecule has 1 saturated heterocycles. The third kappa shape index (κ3) is 7.25. The zero-order valence-corrected chi connectivity index (χ0v) is 18.9. The van der Waals surface area contributed by atoms with Gasteiger partial charge in [-0.1, -0.05) is 6.07 Å². The Morgan fingerprint density at radius 1 is 1.19 bits per heavy atom. The fourth-order valence-corrected chi connectivity index (χ4v) is 4.13. The van der Waals surface area contributed by atoms with Crippen LogP contribution in [0, 0.1) is 11.6 Å². The lowest BCUT2D eigenvalue weighted by atomic mass is 10.1. The van der Waals surface area contributed by atoms with Crippen molar-refractivity contribution in [2.24, 2.45) is 0 Å². The van der Waals surface area contributed by atoms with E-state index in [9.17, 15) is 18.4 Å². The van der Waals surface area contributed by atoms with Gasteiger partial charge in [0, 0.05) is 38.8 Å². The van der Waals surface area contributed by atoms with Crippen molar-refractivity contribution in [3.8, 4) is 0 Å². The summed E-state index contributed by atoms with van der Waals surface area (Å²) in [5, 5.41) is 10.2. The van der Waals surface area contributed by atoms with E-state index < -0.39 is 11.6 Å². The molecule has 1 fully saturated rings. The Kier molecular flexibility index (Phi) is 8.54. The Balaban J connectivity index is 1.39. The van der Waals surface area contributed by atoms with Crippen molar-refractivity contribution in [3.05, 3.63) is 57.3 Å². The van der Waals surface area contributed by atoms with Crippen LogP contribution in [0.2, 0.25) is 0 Å². The minimum Gasteiger partial charge on any atom is -0.374 e. The molecule has 7 nitrogen and oxygen atoms in total. The molecule has 0 aliphatic carbocycles. The first-order valence-corrected chi connectivity index (χ1v) is 11.4. The van der Waals surface area contributed by atoms with Crippen molar-refractivity contribution < 1.29 is 23.1 Å². The Morgan fingerprint density at radius 2 is 2.00 bits per heavy atom. The molecule has 1 aromatic heterocycles. The standard InChI is InChI=1S/C22H28F2N4O3S/c1-14(2)27-21(29)20-8-16(13-32-20)9-25-22(30)26-10-17-12-28(5-6-31-17)11-15-3-4-18(23)19(24)7-15/h3-4,7-8,13-14,17H,5-6,9-12H2,1-2H3,(H,27,29)(H2,25,26,30)/t17-/m0/s1. The molecule has 1 aromatic carbocycles. The highest BCUT2D eigenvalue weighted by atomic mass is 32.1. The van der Waals surface area contributed by atoms with E-state index in [2.05, 4.69) is 20.9 Å². The van der Waals surface area contributed by atoms with E-state index in [0.29, 0.717) is 49.8 Å². The summed E-state index contributed by atoms with van der Waals surface area (Å²) in [7, 11) is 0. The number of hydrogen-bond donors (Lipinski definition) is 3. The number of nitrogens with one attached hydrogen (secondary N) is 3. The molecule has 0 saturated carbocycles. The van der Waals surface area contributed by atoms with E-state index >= 15 is 0 Å². The SMILES string of the molecule is CC(C)NC(=O)c1cc(CNC(=O)NC[C@H]2CN(Cc3ccc(F)c(F)c3)CCO2)cs1. The maximum atomic E-state index is 13.4. The van der Waals surface area contributed by atoms with Crippen LogP contribution in [0.5, 0.6) is 0 Å². The molecule has 0 spiro atoms. The Labute approximate surface area is 190 Å². The van der Waals surface area contributed by atoms with E-state index in [0.717, 1.165) is 11.6 Å². The molecule has 0 unspecified atom stereocenters. The summed E-state index contributed by atoms with van der Waals surface area (Å²) in [5.74, 6) is -1.84. The fraction of sp³-hybridized carbons (Fsp3) is 0.455. The summed E-state index contributed by atoms with van der Waals surface area (Å²) in [6, 6.07) is 5.40. The summed E-state index contributed by atoms with van der Waals surface area (Å²) in [6.45, 7) is 6.65. The first-order chi connectivity index (χ1) is 15.3. The molecule has 1 aliphatic rings. The van der Waals surface area contributed by atoms with Crippen LogP contribution in [0.25, 0.3) is 0 Å². The number of benzene rings is 1. The van der Waals surface area contributed by atoms with Gasteiger partial charge in [0.25, 0.3) is 5.91 Å². The van der Waals surface area contributed by atoms with Crippen molar-refractivity contribution in [2.75, 3.05) is 26.2 Å². The third-order valence-corrected chi connectivity index (χ3v) is 5.83. The summed E-state index contributed by atoms with van der Waals surface area (Å²) in [6.07, 6.45) is -0.202. The predicted octanol–water partition coefficient (Wildman–Crippen LogP) is 2.86. The molecule has 3 rings (SSSR count). The van der Waals surface area contributed by atoms with Gasteiger partial charge in [-0.2, -0.15) is 0 Å². The molecule has 3 amide bonds. The fourth-order valence-electron chi connectivity index (χ4n) is 3.32. The number of ether oxygens (including phenoxy) is 1. The normalized spacial score (nSPS) is 16.7. The second kappa shape index (κ2) is 11.3. The number of carbonyl (C=O) groups excluding carboxylic acids is 2. The molecule has 1 aliphatic heterocycles. The minimum absolute atomic E-state index is 0.0618.